The number of fused-ring (bicyclic) bond motifs is 1. The fourth-order valence-electron chi connectivity index (χ4n) is 4.72. The summed E-state index contributed by atoms with van der Waals surface area (Å²) >= 11 is 0. The number of halogens is 3. The summed E-state index contributed by atoms with van der Waals surface area (Å²) in [6.07, 6.45) is -3.10. The zero-order valence-corrected chi connectivity index (χ0v) is 23.8. The van der Waals surface area contributed by atoms with Gasteiger partial charge in [0.25, 0.3) is 0 Å². The van der Waals surface area contributed by atoms with Crippen molar-refractivity contribution < 1.29 is 31.1 Å². The molecule has 0 unspecified atom stereocenters. The van der Waals surface area contributed by atoms with Crippen LogP contribution in [0.15, 0.2) is 102 Å². The number of hydrogen-bond acceptors (Lipinski definition) is 5. The van der Waals surface area contributed by atoms with E-state index in [1.807, 2.05) is 0 Å². The van der Waals surface area contributed by atoms with Crippen LogP contribution in [0, 0.1) is 6.92 Å². The van der Waals surface area contributed by atoms with E-state index in [0.717, 1.165) is 11.6 Å². The highest BCUT2D eigenvalue weighted by Crippen LogP contribution is 2.39. The Morgan fingerprint density at radius 3 is 2.19 bits per heavy atom. The molecular weight excluding hydrogens is 565 g/mol. The fraction of sp³-hybridized carbons (Fsp3) is 0.156. The van der Waals surface area contributed by atoms with Gasteiger partial charge in [-0.3, -0.25) is 4.98 Å². The number of benzene rings is 4. The lowest BCUT2D eigenvalue weighted by molar-refractivity contribution is -0.136. The van der Waals surface area contributed by atoms with Crippen molar-refractivity contribution in [3.8, 4) is 28.4 Å². The number of sulfonamides is 1. The first-order chi connectivity index (χ1) is 20.0. The molecule has 0 spiro atoms. The van der Waals surface area contributed by atoms with E-state index in [4.69, 9.17) is 9.47 Å². The number of ether oxygens (including phenoxy) is 2. The van der Waals surface area contributed by atoms with Gasteiger partial charge in [0.15, 0.2) is 0 Å². The second-order valence-electron chi connectivity index (χ2n) is 9.73. The molecule has 6 nitrogen and oxygen atoms in total. The molecule has 1 aromatic heterocycles. The highest BCUT2D eigenvalue weighted by Gasteiger charge is 2.33. The Hall–Kier alpha value is -4.41. The lowest BCUT2D eigenvalue weighted by Gasteiger charge is -2.18. The molecule has 0 amide bonds. The molecule has 0 aliphatic carbocycles. The third-order valence-corrected chi connectivity index (χ3v) is 8.66. The smallest absolute Gasteiger partial charge is 0.418 e. The molecule has 10 heteroatoms. The van der Waals surface area contributed by atoms with Crippen LogP contribution < -0.4 is 9.47 Å². The van der Waals surface area contributed by atoms with E-state index in [1.165, 1.54) is 35.7 Å². The van der Waals surface area contributed by atoms with Gasteiger partial charge in [-0.25, -0.2) is 8.42 Å². The van der Waals surface area contributed by atoms with Crippen LogP contribution in [0.5, 0.6) is 17.2 Å². The minimum absolute atomic E-state index is 0.110. The molecule has 0 bridgehead atoms. The van der Waals surface area contributed by atoms with Crippen LogP contribution in [0.2, 0.25) is 0 Å². The minimum atomic E-state index is -4.53. The highest BCUT2D eigenvalue weighted by molar-refractivity contribution is 7.89. The van der Waals surface area contributed by atoms with E-state index in [2.05, 4.69) is 4.98 Å². The summed E-state index contributed by atoms with van der Waals surface area (Å²) in [6.45, 7) is 1.98. The fourth-order valence-corrected chi connectivity index (χ4v) is 5.88. The van der Waals surface area contributed by atoms with Gasteiger partial charge >= 0.3 is 6.18 Å². The quantitative estimate of drug-likeness (QED) is 0.184. The standard InChI is InChI=1S/C32H27F3N2O4S/c1-21-19-36-31-28(8-5-9-29(31)32(33,34)35)30(21)23-6-4-7-26(18-23)41-25-14-16-27(17-15-25)42(38,39)37(2)20-22-10-12-24(40-3)13-11-22/h4-19H,20H2,1-3H3. The molecule has 0 aliphatic heterocycles. The van der Waals surface area contributed by atoms with Crippen molar-refractivity contribution in [1.82, 2.24) is 9.29 Å². The first-order valence-corrected chi connectivity index (χ1v) is 14.3. The van der Waals surface area contributed by atoms with Gasteiger partial charge in [0.05, 0.1) is 23.1 Å². The van der Waals surface area contributed by atoms with Crippen LogP contribution >= 0.6 is 0 Å². The maximum Gasteiger partial charge on any atom is 0.418 e. The predicted octanol–water partition coefficient (Wildman–Crippen LogP) is 7.85. The van der Waals surface area contributed by atoms with Crippen molar-refractivity contribution in [2.45, 2.75) is 24.5 Å². The lowest BCUT2D eigenvalue weighted by atomic mass is 9.95. The molecule has 0 saturated heterocycles. The average molecular weight is 593 g/mol. The number of aromatic nitrogens is 1. The summed E-state index contributed by atoms with van der Waals surface area (Å²) in [6, 6.07) is 24.2. The highest BCUT2D eigenvalue weighted by atomic mass is 32.2. The van der Waals surface area contributed by atoms with Crippen molar-refractivity contribution in [3.05, 3.63) is 114 Å². The first kappa shape index (κ1) is 29.1. The Balaban J connectivity index is 1.37. The number of rotatable bonds is 8. The van der Waals surface area contributed by atoms with Crippen molar-refractivity contribution in [2.75, 3.05) is 14.2 Å². The molecule has 0 radical (unpaired) electrons. The van der Waals surface area contributed by atoms with E-state index >= 15 is 0 Å². The molecule has 5 aromatic rings. The Morgan fingerprint density at radius 1 is 0.857 bits per heavy atom. The van der Waals surface area contributed by atoms with Crippen molar-refractivity contribution >= 4 is 20.9 Å². The molecule has 5 rings (SSSR count). The SMILES string of the molecule is COc1ccc(CN(C)S(=O)(=O)c2ccc(Oc3cccc(-c4c(C)cnc5c(C(F)(F)F)cccc45)c3)cc2)cc1. The molecule has 0 fully saturated rings. The van der Waals surface area contributed by atoms with Crippen LogP contribution in [-0.2, 0) is 22.7 Å². The van der Waals surface area contributed by atoms with Gasteiger partial charge in [0, 0.05) is 25.2 Å². The number of hydrogen-bond donors (Lipinski definition) is 0. The van der Waals surface area contributed by atoms with Crippen LogP contribution in [0.3, 0.4) is 0 Å². The molecule has 42 heavy (non-hydrogen) atoms. The van der Waals surface area contributed by atoms with Crippen molar-refractivity contribution in [1.29, 1.82) is 0 Å². The van der Waals surface area contributed by atoms with Crippen LogP contribution in [0.25, 0.3) is 22.0 Å². The van der Waals surface area contributed by atoms with E-state index in [-0.39, 0.29) is 17.0 Å². The summed E-state index contributed by atoms with van der Waals surface area (Å²) in [7, 11) is -0.688. The predicted molar refractivity (Wildman–Crippen MR) is 155 cm³/mol. The summed E-state index contributed by atoms with van der Waals surface area (Å²) in [5.41, 5.74) is 1.90. The van der Waals surface area contributed by atoms with Gasteiger partial charge in [-0.2, -0.15) is 17.5 Å². The number of aryl methyl sites for hydroxylation is 1. The third-order valence-electron chi connectivity index (χ3n) is 6.85. The summed E-state index contributed by atoms with van der Waals surface area (Å²) in [4.78, 5) is 4.20. The summed E-state index contributed by atoms with van der Waals surface area (Å²) in [5, 5.41) is 0.385. The Morgan fingerprint density at radius 2 is 1.52 bits per heavy atom. The maximum atomic E-state index is 13.6. The van der Waals surface area contributed by atoms with E-state index in [9.17, 15) is 21.6 Å². The topological polar surface area (TPSA) is 68.7 Å². The second-order valence-corrected chi connectivity index (χ2v) is 11.8. The molecule has 1 heterocycles. The van der Waals surface area contributed by atoms with E-state index in [0.29, 0.717) is 39.3 Å². The lowest BCUT2D eigenvalue weighted by Crippen LogP contribution is -2.26. The van der Waals surface area contributed by atoms with Crippen LogP contribution in [-0.4, -0.2) is 31.9 Å². The molecule has 216 valence electrons. The van der Waals surface area contributed by atoms with Gasteiger partial charge < -0.3 is 9.47 Å². The molecule has 4 aromatic carbocycles. The Bertz CT molecular complexity index is 1840. The number of pyridine rings is 1. The summed E-state index contributed by atoms with van der Waals surface area (Å²) < 4.78 is 79.6. The molecule has 0 N–H and O–H groups in total. The normalized spacial score (nSPS) is 12.1. The van der Waals surface area contributed by atoms with Gasteiger partial charge in [-0.05, 0) is 83.8 Å². The average Bonchev–Trinajstić information content (AvgIpc) is 2.97. The number of para-hydroxylation sites is 1. The molecular formula is C32H27F3N2O4S. The minimum Gasteiger partial charge on any atom is -0.497 e. The zero-order valence-electron chi connectivity index (χ0n) is 23.0. The Kier molecular flexibility index (Phi) is 7.94. The van der Waals surface area contributed by atoms with Crippen molar-refractivity contribution in [3.63, 3.8) is 0 Å². The van der Waals surface area contributed by atoms with Gasteiger partial charge in [-0.15, -0.1) is 0 Å². The first-order valence-electron chi connectivity index (χ1n) is 12.9. The monoisotopic (exact) mass is 592 g/mol. The van der Waals surface area contributed by atoms with Crippen LogP contribution in [0.4, 0.5) is 13.2 Å². The van der Waals surface area contributed by atoms with Gasteiger partial charge in [-0.1, -0.05) is 36.4 Å². The van der Waals surface area contributed by atoms with Gasteiger partial charge in [0.1, 0.15) is 17.2 Å². The second kappa shape index (κ2) is 11.5. The number of methoxy groups -OCH3 is 1. The number of alkyl halides is 3. The largest absolute Gasteiger partial charge is 0.497 e. The van der Waals surface area contributed by atoms with Crippen LogP contribution in [0.1, 0.15) is 16.7 Å². The van der Waals surface area contributed by atoms with Gasteiger partial charge in [0.2, 0.25) is 10.0 Å². The molecule has 0 saturated carbocycles. The zero-order chi connectivity index (χ0) is 30.1. The van der Waals surface area contributed by atoms with E-state index in [1.54, 1.807) is 80.8 Å². The number of nitrogens with zero attached hydrogens (tertiary/aromatic N) is 2. The molecule has 0 atom stereocenters. The Labute approximate surface area is 242 Å². The van der Waals surface area contributed by atoms with E-state index < -0.39 is 21.8 Å². The maximum absolute atomic E-state index is 13.6. The summed E-state index contributed by atoms with van der Waals surface area (Å²) in [5.74, 6) is 1.53. The third kappa shape index (κ3) is 5.95. The van der Waals surface area contributed by atoms with Crippen molar-refractivity contribution in [2.24, 2.45) is 0 Å². The molecule has 0 aliphatic rings.